The van der Waals surface area contributed by atoms with Crippen molar-refractivity contribution in [1.82, 2.24) is 16.0 Å². The zero-order valence-corrected chi connectivity index (χ0v) is 16.8. The lowest BCUT2D eigenvalue weighted by Gasteiger charge is -2.16. The zero-order chi connectivity index (χ0) is 18.1. The van der Waals surface area contributed by atoms with Crippen LogP contribution in [0.25, 0.3) is 0 Å². The van der Waals surface area contributed by atoms with Gasteiger partial charge in [-0.2, -0.15) is 0 Å². The van der Waals surface area contributed by atoms with Crippen LogP contribution in [0.5, 0.6) is 0 Å². The monoisotopic (exact) mass is 408 g/mol. The van der Waals surface area contributed by atoms with E-state index in [1.54, 1.807) is 0 Å². The normalized spacial score (nSPS) is 15.6. The van der Waals surface area contributed by atoms with Gasteiger partial charge in [-0.3, -0.25) is 9.79 Å². The van der Waals surface area contributed by atoms with Gasteiger partial charge in [0, 0.05) is 35.9 Å². The third-order valence-electron chi connectivity index (χ3n) is 4.39. The fraction of sp³-hybridized carbons (Fsp3) is 0.579. The molecule has 0 aliphatic heterocycles. The molecular weight excluding hydrogens is 380 g/mol. The van der Waals surface area contributed by atoms with Gasteiger partial charge in [0.05, 0.1) is 6.54 Å². The summed E-state index contributed by atoms with van der Waals surface area (Å²) in [6.07, 6.45) is 3.76. The number of nitrogens with zero attached hydrogens (tertiary/aromatic N) is 1. The van der Waals surface area contributed by atoms with Crippen molar-refractivity contribution in [2.24, 2.45) is 4.99 Å². The Morgan fingerprint density at radius 1 is 1.20 bits per heavy atom. The fourth-order valence-electron chi connectivity index (χ4n) is 2.73. The Morgan fingerprint density at radius 2 is 2.00 bits per heavy atom. The fourth-order valence-corrected chi connectivity index (χ4v) is 3.13. The van der Waals surface area contributed by atoms with Crippen molar-refractivity contribution in [3.8, 4) is 0 Å². The number of halogens is 1. The molecule has 1 aromatic rings. The number of rotatable bonds is 9. The van der Waals surface area contributed by atoms with Crippen molar-refractivity contribution in [3.63, 3.8) is 0 Å². The molecule has 5 nitrogen and oxygen atoms in total. The Balaban J connectivity index is 1.88. The molecule has 0 radical (unpaired) electrons. The van der Waals surface area contributed by atoms with Crippen molar-refractivity contribution in [2.45, 2.75) is 44.9 Å². The maximum absolute atomic E-state index is 11.7. The molecule has 1 amide bonds. The summed E-state index contributed by atoms with van der Waals surface area (Å²) in [5, 5.41) is 9.41. The predicted octanol–water partition coefficient (Wildman–Crippen LogP) is 2.95. The number of carbonyl (C=O) groups is 1. The summed E-state index contributed by atoms with van der Waals surface area (Å²) in [6.45, 7) is 6.99. The molecule has 138 valence electrons. The molecule has 25 heavy (non-hydrogen) atoms. The SMILES string of the molecule is CCCNC(=O)CCNC(=NCC1(c2cccc(Br)c2)CC1)NCC. The summed E-state index contributed by atoms with van der Waals surface area (Å²) in [5.41, 5.74) is 1.52. The molecule has 1 aliphatic carbocycles. The molecule has 0 heterocycles. The summed E-state index contributed by atoms with van der Waals surface area (Å²) < 4.78 is 1.11. The highest BCUT2D eigenvalue weighted by Crippen LogP contribution is 2.48. The summed E-state index contributed by atoms with van der Waals surface area (Å²) in [5.74, 6) is 0.866. The minimum absolute atomic E-state index is 0.0815. The van der Waals surface area contributed by atoms with Crippen LogP contribution in [0.3, 0.4) is 0 Å². The summed E-state index contributed by atoms with van der Waals surface area (Å²) in [6, 6.07) is 8.52. The van der Waals surface area contributed by atoms with Crippen molar-refractivity contribution in [1.29, 1.82) is 0 Å². The Hall–Kier alpha value is -1.56. The van der Waals surface area contributed by atoms with Gasteiger partial charge in [-0.1, -0.05) is 35.0 Å². The van der Waals surface area contributed by atoms with E-state index in [2.05, 4.69) is 56.1 Å². The quantitative estimate of drug-likeness (QED) is 0.434. The van der Waals surface area contributed by atoms with Gasteiger partial charge in [0.1, 0.15) is 0 Å². The van der Waals surface area contributed by atoms with Gasteiger partial charge >= 0.3 is 0 Å². The molecule has 0 saturated heterocycles. The van der Waals surface area contributed by atoms with Crippen LogP contribution >= 0.6 is 15.9 Å². The van der Waals surface area contributed by atoms with E-state index in [-0.39, 0.29) is 11.3 Å². The lowest BCUT2D eigenvalue weighted by Crippen LogP contribution is -2.40. The van der Waals surface area contributed by atoms with E-state index in [1.165, 1.54) is 18.4 Å². The predicted molar refractivity (Wildman–Crippen MR) is 107 cm³/mol. The van der Waals surface area contributed by atoms with Gasteiger partial charge in [-0.15, -0.1) is 0 Å². The van der Waals surface area contributed by atoms with Crippen LogP contribution in [0, 0.1) is 0 Å². The van der Waals surface area contributed by atoms with Crippen molar-refractivity contribution < 1.29 is 4.79 Å². The van der Waals surface area contributed by atoms with Crippen molar-refractivity contribution in [2.75, 3.05) is 26.2 Å². The smallest absolute Gasteiger partial charge is 0.221 e. The second kappa shape index (κ2) is 9.80. The van der Waals surface area contributed by atoms with E-state index in [0.717, 1.165) is 36.5 Å². The van der Waals surface area contributed by atoms with Gasteiger partial charge in [0.15, 0.2) is 5.96 Å². The zero-order valence-electron chi connectivity index (χ0n) is 15.2. The minimum Gasteiger partial charge on any atom is -0.357 e. The minimum atomic E-state index is 0.0815. The van der Waals surface area contributed by atoms with E-state index < -0.39 is 0 Å². The summed E-state index contributed by atoms with van der Waals surface area (Å²) in [7, 11) is 0. The van der Waals surface area contributed by atoms with Gasteiger partial charge in [0.2, 0.25) is 5.91 Å². The van der Waals surface area contributed by atoms with Gasteiger partial charge in [0.25, 0.3) is 0 Å². The van der Waals surface area contributed by atoms with Gasteiger partial charge < -0.3 is 16.0 Å². The first kappa shape index (κ1) is 19.8. The molecule has 1 aliphatic rings. The topological polar surface area (TPSA) is 65.5 Å². The van der Waals surface area contributed by atoms with Gasteiger partial charge in [-0.05, 0) is 43.9 Å². The lowest BCUT2D eigenvalue weighted by atomic mass is 9.96. The van der Waals surface area contributed by atoms with Crippen LogP contribution in [0.2, 0.25) is 0 Å². The number of benzene rings is 1. The first-order valence-corrected chi connectivity index (χ1v) is 9.94. The van der Waals surface area contributed by atoms with Crippen LogP contribution in [-0.2, 0) is 10.2 Å². The van der Waals surface area contributed by atoms with Gasteiger partial charge in [-0.25, -0.2) is 0 Å². The maximum atomic E-state index is 11.7. The average Bonchev–Trinajstić information content (AvgIpc) is 3.39. The number of aliphatic imine (C=N–C) groups is 1. The molecular formula is C19H29BrN4O. The average molecular weight is 409 g/mol. The van der Waals surface area contributed by atoms with Crippen LogP contribution in [0.1, 0.15) is 45.1 Å². The first-order valence-electron chi connectivity index (χ1n) is 9.14. The standard InChI is InChI=1S/C19H29BrN4O/c1-3-11-22-17(25)8-12-23-18(21-4-2)24-14-19(9-10-19)15-6-5-7-16(20)13-15/h5-7,13H,3-4,8-12,14H2,1-2H3,(H,22,25)(H2,21,23,24). The Morgan fingerprint density at radius 3 is 2.64 bits per heavy atom. The van der Waals surface area contributed by atoms with E-state index in [9.17, 15) is 4.79 Å². The maximum Gasteiger partial charge on any atom is 0.221 e. The van der Waals surface area contributed by atoms with Crippen LogP contribution in [-0.4, -0.2) is 38.0 Å². The largest absolute Gasteiger partial charge is 0.357 e. The molecule has 3 N–H and O–H groups in total. The second-order valence-electron chi connectivity index (χ2n) is 6.51. The second-order valence-corrected chi connectivity index (χ2v) is 7.43. The number of guanidine groups is 1. The first-order chi connectivity index (χ1) is 12.1. The van der Waals surface area contributed by atoms with Crippen molar-refractivity contribution >= 4 is 27.8 Å². The molecule has 1 saturated carbocycles. The number of carbonyl (C=O) groups excluding carboxylic acids is 1. The summed E-state index contributed by atoms with van der Waals surface area (Å²) in [4.78, 5) is 16.4. The number of hydrogen-bond acceptors (Lipinski definition) is 2. The molecule has 0 aromatic heterocycles. The van der Waals surface area contributed by atoms with Crippen LogP contribution in [0.4, 0.5) is 0 Å². The molecule has 0 unspecified atom stereocenters. The molecule has 6 heteroatoms. The Labute approximate surface area is 159 Å². The third-order valence-corrected chi connectivity index (χ3v) is 4.88. The summed E-state index contributed by atoms with van der Waals surface area (Å²) >= 11 is 3.55. The van der Waals surface area contributed by atoms with Crippen LogP contribution < -0.4 is 16.0 Å². The van der Waals surface area contributed by atoms with E-state index >= 15 is 0 Å². The molecule has 0 spiro atoms. The molecule has 1 fully saturated rings. The molecule has 0 bridgehead atoms. The lowest BCUT2D eigenvalue weighted by molar-refractivity contribution is -0.120. The third kappa shape index (κ3) is 6.34. The Bertz CT molecular complexity index is 599. The molecule has 0 atom stereocenters. The molecule has 2 rings (SSSR count). The highest BCUT2D eigenvalue weighted by atomic mass is 79.9. The van der Waals surface area contributed by atoms with Crippen molar-refractivity contribution in [3.05, 3.63) is 34.3 Å². The number of nitrogens with one attached hydrogen (secondary N) is 3. The highest BCUT2D eigenvalue weighted by molar-refractivity contribution is 9.10. The van der Waals surface area contributed by atoms with E-state index in [0.29, 0.717) is 13.0 Å². The highest BCUT2D eigenvalue weighted by Gasteiger charge is 2.44. The van der Waals surface area contributed by atoms with E-state index in [4.69, 9.17) is 4.99 Å². The van der Waals surface area contributed by atoms with Crippen LogP contribution in [0.15, 0.2) is 33.7 Å². The molecule has 1 aromatic carbocycles. The van der Waals surface area contributed by atoms with E-state index in [1.807, 2.05) is 13.8 Å². The Kier molecular flexibility index (Phi) is 7.75. The number of amides is 1. The number of hydrogen-bond donors (Lipinski definition) is 3.